The molecule has 1 aromatic heterocycles. The highest BCUT2D eigenvalue weighted by Gasteiger charge is 2.22. The van der Waals surface area contributed by atoms with Gasteiger partial charge in [-0.05, 0) is 72.4 Å². The molecule has 0 amide bonds. The molecule has 174 valence electrons. The van der Waals surface area contributed by atoms with Crippen molar-refractivity contribution in [2.24, 2.45) is 10.9 Å². The Morgan fingerprint density at radius 3 is 2.39 bits per heavy atom. The summed E-state index contributed by atoms with van der Waals surface area (Å²) in [6.45, 7) is 20.4. The summed E-state index contributed by atoms with van der Waals surface area (Å²) in [5.41, 5.74) is 2.25. The minimum Gasteiger partial charge on any atom is -0.444 e. The van der Waals surface area contributed by atoms with Crippen LogP contribution in [0.3, 0.4) is 0 Å². The van der Waals surface area contributed by atoms with Crippen molar-refractivity contribution in [3.8, 4) is 0 Å². The molecule has 0 saturated carbocycles. The van der Waals surface area contributed by atoms with E-state index >= 15 is 0 Å². The Labute approximate surface area is 188 Å². The molecular formula is C24H42N6O. The van der Waals surface area contributed by atoms with Gasteiger partial charge in [-0.15, -0.1) is 0 Å². The van der Waals surface area contributed by atoms with Crippen LogP contribution in [0.15, 0.2) is 21.6 Å². The Kier molecular flexibility index (Phi) is 8.96. The molecule has 3 heterocycles. The maximum atomic E-state index is 5.75. The van der Waals surface area contributed by atoms with Crippen LogP contribution in [0.1, 0.15) is 56.9 Å². The molecule has 31 heavy (non-hydrogen) atoms. The minimum atomic E-state index is 0.508. The van der Waals surface area contributed by atoms with Gasteiger partial charge < -0.3 is 15.1 Å². The molecule has 3 rings (SSSR count). The third-order valence-electron chi connectivity index (χ3n) is 6.41. The lowest BCUT2D eigenvalue weighted by atomic mass is 9.97. The summed E-state index contributed by atoms with van der Waals surface area (Å²) in [6, 6.07) is 0.508. The second-order valence-corrected chi connectivity index (χ2v) is 9.34. The van der Waals surface area contributed by atoms with Gasteiger partial charge in [0.2, 0.25) is 5.89 Å². The van der Waals surface area contributed by atoms with Crippen molar-refractivity contribution in [3.63, 3.8) is 0 Å². The maximum absolute atomic E-state index is 5.75. The van der Waals surface area contributed by atoms with Crippen LogP contribution >= 0.6 is 0 Å². The molecule has 1 aromatic rings. The number of aryl methyl sites for hydroxylation is 2. The molecule has 2 aliphatic rings. The number of nitrogens with zero attached hydrogens (tertiary/aromatic N) is 4. The third kappa shape index (κ3) is 7.65. The molecule has 2 saturated heterocycles. The number of aliphatic imine (C=N–C) groups is 1. The summed E-state index contributed by atoms with van der Waals surface area (Å²) < 4.78 is 5.75. The van der Waals surface area contributed by atoms with Gasteiger partial charge in [0.05, 0.1) is 12.2 Å². The van der Waals surface area contributed by atoms with E-state index < -0.39 is 0 Å². The fraction of sp³-hybridized carbons (Fsp3) is 0.750. The van der Waals surface area contributed by atoms with E-state index in [0.29, 0.717) is 12.0 Å². The van der Waals surface area contributed by atoms with E-state index in [1.54, 1.807) is 0 Å². The smallest absolute Gasteiger partial charge is 0.208 e. The van der Waals surface area contributed by atoms with Crippen LogP contribution in [-0.2, 0) is 6.54 Å². The molecule has 0 unspecified atom stereocenters. The first-order valence-corrected chi connectivity index (χ1v) is 12.0. The Morgan fingerprint density at radius 1 is 1.13 bits per heavy atom. The zero-order chi connectivity index (χ0) is 22.2. The van der Waals surface area contributed by atoms with Crippen LogP contribution in [0, 0.1) is 19.8 Å². The van der Waals surface area contributed by atoms with E-state index in [-0.39, 0.29) is 0 Å². The lowest BCUT2D eigenvalue weighted by Crippen LogP contribution is -2.49. The zero-order valence-electron chi connectivity index (χ0n) is 20.0. The molecule has 2 fully saturated rings. The van der Waals surface area contributed by atoms with Crippen molar-refractivity contribution in [2.45, 2.75) is 66.0 Å². The topological polar surface area (TPSA) is 68.9 Å². The van der Waals surface area contributed by atoms with Gasteiger partial charge in [0.1, 0.15) is 5.76 Å². The highest BCUT2D eigenvalue weighted by Crippen LogP contribution is 2.20. The molecule has 0 aliphatic carbocycles. The van der Waals surface area contributed by atoms with Crippen molar-refractivity contribution in [2.75, 3.05) is 45.8 Å². The van der Waals surface area contributed by atoms with Gasteiger partial charge in [0.25, 0.3) is 0 Å². The molecule has 2 aliphatic heterocycles. The Balaban J connectivity index is 1.41. The van der Waals surface area contributed by atoms with Gasteiger partial charge in [-0.3, -0.25) is 14.8 Å². The fourth-order valence-corrected chi connectivity index (χ4v) is 4.48. The second kappa shape index (κ2) is 11.7. The van der Waals surface area contributed by atoms with Crippen molar-refractivity contribution in [1.29, 1.82) is 0 Å². The normalized spacial score (nSPS) is 20.2. The SMILES string of the molecule is C=C(C)CN1CCC(NC(=NCC2CCN(Cc3nc(C)c(C)o3)CC2)NCC)CC1. The standard InChI is InChI=1S/C24H42N6O/c1-6-25-24(28-22-9-13-29(14-10-22)16-18(2)3)26-15-21-7-11-30(12-8-21)17-23-27-19(4)20(5)31-23/h21-22H,2,6-17H2,1,3-5H3,(H2,25,26,28). The first-order chi connectivity index (χ1) is 14.9. The summed E-state index contributed by atoms with van der Waals surface area (Å²) in [5.74, 6) is 3.41. The highest BCUT2D eigenvalue weighted by atomic mass is 16.4. The molecule has 0 radical (unpaired) electrons. The average Bonchev–Trinajstić information content (AvgIpc) is 3.05. The summed E-state index contributed by atoms with van der Waals surface area (Å²) in [5, 5.41) is 7.12. The monoisotopic (exact) mass is 430 g/mol. The van der Waals surface area contributed by atoms with Crippen LogP contribution < -0.4 is 10.6 Å². The third-order valence-corrected chi connectivity index (χ3v) is 6.41. The van der Waals surface area contributed by atoms with Gasteiger partial charge in [-0.2, -0.15) is 0 Å². The highest BCUT2D eigenvalue weighted by molar-refractivity contribution is 5.80. The maximum Gasteiger partial charge on any atom is 0.208 e. The first-order valence-electron chi connectivity index (χ1n) is 12.0. The summed E-state index contributed by atoms with van der Waals surface area (Å²) >= 11 is 0. The molecule has 7 nitrogen and oxygen atoms in total. The number of nitrogens with one attached hydrogen (secondary N) is 2. The first kappa shape index (κ1) is 23.8. The molecule has 0 spiro atoms. The summed E-state index contributed by atoms with van der Waals surface area (Å²) in [6.07, 6.45) is 4.69. The van der Waals surface area contributed by atoms with E-state index in [1.165, 1.54) is 18.4 Å². The summed E-state index contributed by atoms with van der Waals surface area (Å²) in [4.78, 5) is 14.4. The van der Waals surface area contributed by atoms with Crippen molar-refractivity contribution in [1.82, 2.24) is 25.4 Å². The zero-order valence-corrected chi connectivity index (χ0v) is 20.0. The van der Waals surface area contributed by atoms with Crippen LogP contribution in [-0.4, -0.2) is 72.6 Å². The molecule has 2 N–H and O–H groups in total. The molecule has 7 heteroatoms. The molecular weight excluding hydrogens is 388 g/mol. The number of hydrogen-bond donors (Lipinski definition) is 2. The number of piperidine rings is 2. The fourth-order valence-electron chi connectivity index (χ4n) is 4.48. The van der Waals surface area contributed by atoms with Crippen molar-refractivity contribution in [3.05, 3.63) is 29.5 Å². The van der Waals surface area contributed by atoms with Crippen molar-refractivity contribution >= 4 is 5.96 Å². The van der Waals surface area contributed by atoms with Crippen LogP contribution in [0.2, 0.25) is 0 Å². The largest absolute Gasteiger partial charge is 0.444 e. The van der Waals surface area contributed by atoms with Gasteiger partial charge in [0.15, 0.2) is 5.96 Å². The predicted octanol–water partition coefficient (Wildman–Crippen LogP) is 3.10. The van der Waals surface area contributed by atoms with Crippen LogP contribution in [0.5, 0.6) is 0 Å². The average molecular weight is 431 g/mol. The summed E-state index contributed by atoms with van der Waals surface area (Å²) in [7, 11) is 0. The molecule has 0 atom stereocenters. The number of aromatic nitrogens is 1. The predicted molar refractivity (Wildman–Crippen MR) is 127 cm³/mol. The molecule has 0 aromatic carbocycles. The Bertz CT molecular complexity index is 707. The Morgan fingerprint density at radius 2 is 1.81 bits per heavy atom. The number of likely N-dealkylation sites (tertiary alicyclic amines) is 2. The van der Waals surface area contributed by atoms with E-state index in [2.05, 4.69) is 45.8 Å². The number of hydrogen-bond acceptors (Lipinski definition) is 5. The van der Waals surface area contributed by atoms with Crippen LogP contribution in [0.4, 0.5) is 0 Å². The second-order valence-electron chi connectivity index (χ2n) is 9.34. The number of oxazole rings is 1. The number of rotatable bonds is 8. The van der Waals surface area contributed by atoms with E-state index in [1.807, 2.05) is 13.8 Å². The van der Waals surface area contributed by atoms with E-state index in [0.717, 1.165) is 88.5 Å². The van der Waals surface area contributed by atoms with Gasteiger partial charge in [-0.1, -0.05) is 12.2 Å². The van der Waals surface area contributed by atoms with Crippen molar-refractivity contribution < 1.29 is 4.42 Å². The van der Waals surface area contributed by atoms with E-state index in [9.17, 15) is 0 Å². The lowest BCUT2D eigenvalue weighted by molar-refractivity contribution is 0.166. The van der Waals surface area contributed by atoms with Gasteiger partial charge >= 0.3 is 0 Å². The quantitative estimate of drug-likeness (QED) is 0.375. The number of guanidine groups is 1. The Hall–Kier alpha value is -1.86. The minimum absolute atomic E-state index is 0.508. The molecule has 0 bridgehead atoms. The lowest BCUT2D eigenvalue weighted by Gasteiger charge is -2.33. The van der Waals surface area contributed by atoms with Crippen LogP contribution in [0.25, 0.3) is 0 Å². The van der Waals surface area contributed by atoms with E-state index in [4.69, 9.17) is 9.41 Å². The van der Waals surface area contributed by atoms with Gasteiger partial charge in [0, 0.05) is 38.8 Å². The van der Waals surface area contributed by atoms with Gasteiger partial charge in [-0.25, -0.2) is 4.98 Å².